The molecule has 3 rings (SSSR count). The number of aryl methyl sites for hydroxylation is 1. The number of carbonyl (C=O) groups excluding carboxylic acids is 1. The lowest BCUT2D eigenvalue weighted by Crippen LogP contribution is -2.38. The Hall–Kier alpha value is -2.34. The Kier molecular flexibility index (Phi) is 7.13. The van der Waals surface area contributed by atoms with Crippen LogP contribution in [0.25, 0.3) is 0 Å². The molecular weight excluding hydrogens is 292 g/mol. The Bertz CT molecular complexity index is 565. The van der Waals surface area contributed by atoms with Crippen LogP contribution in [0.1, 0.15) is 18.4 Å². The maximum atomic E-state index is 9.76. The van der Waals surface area contributed by atoms with Crippen LogP contribution in [-0.4, -0.2) is 35.4 Å². The Balaban J connectivity index is 0.000000174. The van der Waals surface area contributed by atoms with Gasteiger partial charge in [-0.3, -0.25) is 9.48 Å². The van der Waals surface area contributed by atoms with Crippen LogP contribution in [-0.2, 0) is 23.2 Å². The van der Waals surface area contributed by atoms with Crippen molar-refractivity contribution >= 4 is 12.2 Å². The van der Waals surface area contributed by atoms with E-state index in [4.69, 9.17) is 0 Å². The van der Waals surface area contributed by atoms with Crippen LogP contribution >= 0.6 is 0 Å². The summed E-state index contributed by atoms with van der Waals surface area (Å²) in [5.74, 6) is 0. The van der Waals surface area contributed by atoms with Crippen LogP contribution in [0.15, 0.2) is 42.7 Å². The van der Waals surface area contributed by atoms with Gasteiger partial charge in [0.25, 0.3) is 6.47 Å². The summed E-state index contributed by atoms with van der Waals surface area (Å²) in [6.07, 6.45) is 6.39. The fourth-order valence-electron chi connectivity index (χ4n) is 2.41. The molecule has 1 unspecified atom stereocenters. The third-order valence-corrected chi connectivity index (χ3v) is 3.53. The number of hydrogen-bond donors (Lipinski definition) is 2. The number of anilines is 1. The molecule has 124 valence electrons. The van der Waals surface area contributed by atoms with E-state index in [9.17, 15) is 4.79 Å². The number of benzene rings is 1. The molecule has 0 radical (unpaired) electrons. The van der Waals surface area contributed by atoms with Crippen LogP contribution in [0.2, 0.25) is 0 Å². The number of carbonyl (C=O) groups is 1. The van der Waals surface area contributed by atoms with Crippen LogP contribution in [0.4, 0.5) is 5.69 Å². The van der Waals surface area contributed by atoms with Gasteiger partial charge in [-0.05, 0) is 24.9 Å². The third kappa shape index (κ3) is 6.52. The molecule has 2 heterocycles. The van der Waals surface area contributed by atoms with E-state index in [1.807, 2.05) is 54.5 Å². The summed E-state index contributed by atoms with van der Waals surface area (Å²) in [5.41, 5.74) is 2.13. The molecule has 1 aliphatic heterocycles. The van der Waals surface area contributed by atoms with Crippen LogP contribution in [0, 0.1) is 0 Å². The van der Waals surface area contributed by atoms with Gasteiger partial charge >= 0.3 is 0 Å². The lowest BCUT2D eigenvalue weighted by molar-refractivity contribution is -0.129. The van der Waals surface area contributed by atoms with Crippen LogP contribution in [0.3, 0.4) is 0 Å². The van der Waals surface area contributed by atoms with Gasteiger partial charge in [0.1, 0.15) is 6.61 Å². The number of nitrogens with zero attached hydrogens (tertiary/aromatic N) is 2. The Morgan fingerprint density at radius 1 is 1.43 bits per heavy atom. The molecule has 0 amide bonds. The number of piperidine rings is 1. The molecule has 6 nitrogen and oxygen atoms in total. The van der Waals surface area contributed by atoms with E-state index in [1.54, 1.807) is 0 Å². The fourth-order valence-corrected chi connectivity index (χ4v) is 2.41. The standard InChI is InChI=1S/C9H16N4.C8H8O2/c1-13-7-9(6-11-13)12-8-3-2-4-10-5-8;9-7-10-6-8-4-2-1-3-5-8/h6-8,10,12H,2-5H2,1H3;1-5,7H,6H2. The molecule has 0 saturated carbocycles. The van der Waals surface area contributed by atoms with Crippen LogP contribution < -0.4 is 10.6 Å². The summed E-state index contributed by atoms with van der Waals surface area (Å²) in [4.78, 5) is 9.76. The number of rotatable bonds is 5. The zero-order chi connectivity index (χ0) is 16.3. The maximum Gasteiger partial charge on any atom is 0.293 e. The highest BCUT2D eigenvalue weighted by molar-refractivity contribution is 5.39. The molecule has 0 aliphatic carbocycles. The van der Waals surface area contributed by atoms with Gasteiger partial charge in [-0.2, -0.15) is 5.10 Å². The summed E-state index contributed by atoms with van der Waals surface area (Å²) < 4.78 is 6.36. The molecule has 6 heteroatoms. The van der Waals surface area contributed by atoms with Gasteiger partial charge < -0.3 is 15.4 Å². The molecule has 1 fully saturated rings. The van der Waals surface area contributed by atoms with Crippen molar-refractivity contribution in [2.24, 2.45) is 7.05 Å². The van der Waals surface area contributed by atoms with Gasteiger partial charge in [0.05, 0.1) is 11.9 Å². The van der Waals surface area contributed by atoms with E-state index in [-0.39, 0.29) is 0 Å². The fraction of sp³-hybridized carbons (Fsp3) is 0.412. The first kappa shape index (κ1) is 17.0. The van der Waals surface area contributed by atoms with Gasteiger partial charge in [-0.15, -0.1) is 0 Å². The molecule has 1 atom stereocenters. The minimum Gasteiger partial charge on any atom is -0.463 e. The van der Waals surface area contributed by atoms with E-state index in [0.29, 0.717) is 19.1 Å². The summed E-state index contributed by atoms with van der Waals surface area (Å²) in [6, 6.07) is 10.1. The van der Waals surface area contributed by atoms with Gasteiger partial charge in [0.15, 0.2) is 0 Å². The van der Waals surface area contributed by atoms with E-state index in [0.717, 1.165) is 24.3 Å². The van der Waals surface area contributed by atoms with E-state index in [1.165, 1.54) is 12.8 Å². The highest BCUT2D eigenvalue weighted by Gasteiger charge is 2.12. The van der Waals surface area contributed by atoms with Crippen molar-refractivity contribution in [2.45, 2.75) is 25.5 Å². The first-order valence-corrected chi connectivity index (χ1v) is 7.83. The number of nitrogens with one attached hydrogen (secondary N) is 2. The Labute approximate surface area is 136 Å². The third-order valence-electron chi connectivity index (χ3n) is 3.53. The molecular formula is C17H24N4O2. The van der Waals surface area contributed by atoms with Crippen molar-refractivity contribution in [3.63, 3.8) is 0 Å². The number of aromatic nitrogens is 2. The van der Waals surface area contributed by atoms with E-state index >= 15 is 0 Å². The normalized spacial score (nSPS) is 16.8. The molecule has 0 spiro atoms. The quantitative estimate of drug-likeness (QED) is 0.825. The maximum absolute atomic E-state index is 9.76. The minimum atomic E-state index is 0.365. The highest BCUT2D eigenvalue weighted by Crippen LogP contribution is 2.10. The molecule has 1 aromatic carbocycles. The predicted molar refractivity (Wildman–Crippen MR) is 90.0 cm³/mol. The number of ether oxygens (including phenoxy) is 1. The molecule has 23 heavy (non-hydrogen) atoms. The second kappa shape index (κ2) is 9.63. The molecule has 2 aromatic rings. The first-order valence-electron chi connectivity index (χ1n) is 7.83. The number of hydrogen-bond acceptors (Lipinski definition) is 5. The SMILES string of the molecule is Cn1cc(NC2CCCNC2)cn1.O=COCc1ccccc1. The van der Waals surface area contributed by atoms with Crippen molar-refractivity contribution in [3.05, 3.63) is 48.3 Å². The minimum absolute atomic E-state index is 0.365. The lowest BCUT2D eigenvalue weighted by atomic mass is 10.1. The monoisotopic (exact) mass is 316 g/mol. The van der Waals surface area contributed by atoms with Crippen molar-refractivity contribution in [2.75, 3.05) is 18.4 Å². The largest absolute Gasteiger partial charge is 0.463 e. The average Bonchev–Trinajstić information content (AvgIpc) is 3.00. The Morgan fingerprint density at radius 3 is 2.87 bits per heavy atom. The average molecular weight is 316 g/mol. The summed E-state index contributed by atoms with van der Waals surface area (Å²) in [7, 11) is 1.93. The second-order valence-electron chi connectivity index (χ2n) is 5.48. The molecule has 1 saturated heterocycles. The van der Waals surface area contributed by atoms with Gasteiger partial charge in [0, 0.05) is 25.8 Å². The molecule has 1 aliphatic rings. The van der Waals surface area contributed by atoms with Gasteiger partial charge in [0.2, 0.25) is 0 Å². The highest BCUT2D eigenvalue weighted by atomic mass is 16.5. The molecule has 1 aromatic heterocycles. The topological polar surface area (TPSA) is 68.2 Å². The van der Waals surface area contributed by atoms with Crippen molar-refractivity contribution in [1.29, 1.82) is 0 Å². The van der Waals surface area contributed by atoms with Gasteiger partial charge in [-0.25, -0.2) is 0 Å². The summed E-state index contributed by atoms with van der Waals surface area (Å²) in [5, 5.41) is 10.9. The van der Waals surface area contributed by atoms with Crippen molar-refractivity contribution in [1.82, 2.24) is 15.1 Å². The second-order valence-corrected chi connectivity index (χ2v) is 5.48. The van der Waals surface area contributed by atoms with E-state index < -0.39 is 0 Å². The molecule has 0 bridgehead atoms. The predicted octanol–water partition coefficient (Wildman–Crippen LogP) is 1.94. The van der Waals surface area contributed by atoms with Crippen LogP contribution in [0.5, 0.6) is 0 Å². The smallest absolute Gasteiger partial charge is 0.293 e. The summed E-state index contributed by atoms with van der Waals surface area (Å²) >= 11 is 0. The van der Waals surface area contributed by atoms with Crippen molar-refractivity contribution in [3.8, 4) is 0 Å². The zero-order valence-corrected chi connectivity index (χ0v) is 13.4. The van der Waals surface area contributed by atoms with E-state index in [2.05, 4.69) is 20.5 Å². The Morgan fingerprint density at radius 2 is 2.26 bits per heavy atom. The summed E-state index contributed by atoms with van der Waals surface area (Å²) in [6.45, 7) is 3.04. The van der Waals surface area contributed by atoms with Crippen molar-refractivity contribution < 1.29 is 9.53 Å². The first-order chi connectivity index (χ1) is 11.3. The lowest BCUT2D eigenvalue weighted by Gasteiger charge is -2.23. The molecule has 2 N–H and O–H groups in total. The van der Waals surface area contributed by atoms with Gasteiger partial charge in [-0.1, -0.05) is 30.3 Å². The zero-order valence-electron chi connectivity index (χ0n) is 13.4.